The molecule has 2 amide bonds. The number of carbonyl (C=O) groups excluding carboxylic acids is 2. The van der Waals surface area contributed by atoms with Crippen LogP contribution >= 0.6 is 12.4 Å². The number of amides is 2. The number of piperidine rings is 1. The predicted octanol–water partition coefficient (Wildman–Crippen LogP) is 2.68. The van der Waals surface area contributed by atoms with Crippen molar-refractivity contribution in [3.05, 3.63) is 35.4 Å². The first-order chi connectivity index (χ1) is 11.8. The lowest BCUT2D eigenvalue weighted by Gasteiger charge is -2.38. The van der Waals surface area contributed by atoms with Crippen LogP contribution in [0.5, 0.6) is 0 Å². The van der Waals surface area contributed by atoms with Gasteiger partial charge in [0.05, 0.1) is 12.5 Å². The number of likely N-dealkylation sites (tertiary alicyclic amines) is 1. The Bertz CT molecular complexity index is 643. The molecule has 3 atom stereocenters. The summed E-state index contributed by atoms with van der Waals surface area (Å²) in [4.78, 5) is 26.0. The van der Waals surface area contributed by atoms with E-state index in [1.54, 1.807) is 4.90 Å². The van der Waals surface area contributed by atoms with Crippen molar-refractivity contribution < 1.29 is 18.4 Å². The standard InChI is InChI=1S/C18H25F2N3O2.ClH/c1-11(21)17-5-3-4-8-23(17)18(25)10-16(22-12(2)24)14-7-6-13(19)9-15(14)20;/h6-7,9,11,16-17H,3-5,8,10,21H2,1-2H3,(H,22,24);1H. The summed E-state index contributed by atoms with van der Waals surface area (Å²) in [7, 11) is 0. The number of nitrogens with two attached hydrogens (primary N) is 1. The molecule has 1 aromatic carbocycles. The molecule has 0 saturated carbocycles. The first kappa shape index (κ1) is 22.3. The number of hydrogen-bond acceptors (Lipinski definition) is 3. The minimum Gasteiger partial charge on any atom is -0.349 e. The van der Waals surface area contributed by atoms with Crippen molar-refractivity contribution in [2.45, 2.75) is 57.7 Å². The fourth-order valence-electron chi connectivity index (χ4n) is 3.37. The van der Waals surface area contributed by atoms with Crippen LogP contribution in [0.4, 0.5) is 8.78 Å². The highest BCUT2D eigenvalue weighted by Crippen LogP contribution is 2.25. The number of halogens is 3. The number of carbonyl (C=O) groups is 2. The lowest BCUT2D eigenvalue weighted by Crippen LogP contribution is -2.52. The maximum Gasteiger partial charge on any atom is 0.225 e. The summed E-state index contributed by atoms with van der Waals surface area (Å²) in [5.41, 5.74) is 6.09. The van der Waals surface area contributed by atoms with Gasteiger partial charge in [0.1, 0.15) is 11.6 Å². The molecule has 2 rings (SSSR count). The topological polar surface area (TPSA) is 75.4 Å². The molecule has 3 unspecified atom stereocenters. The molecule has 1 aromatic rings. The SMILES string of the molecule is CC(=O)NC(CC(=O)N1CCCCC1C(C)N)c1ccc(F)cc1F.Cl. The molecule has 0 radical (unpaired) electrons. The van der Waals surface area contributed by atoms with Gasteiger partial charge in [-0.05, 0) is 32.3 Å². The van der Waals surface area contributed by atoms with Crippen LogP contribution in [0.25, 0.3) is 0 Å². The molecule has 1 aliphatic heterocycles. The van der Waals surface area contributed by atoms with E-state index in [1.165, 1.54) is 13.0 Å². The minimum absolute atomic E-state index is 0. The fraction of sp³-hybridized carbons (Fsp3) is 0.556. The molecule has 146 valence electrons. The third kappa shape index (κ3) is 5.64. The summed E-state index contributed by atoms with van der Waals surface area (Å²) in [6, 6.07) is 2.06. The van der Waals surface area contributed by atoms with Gasteiger partial charge in [0.15, 0.2) is 0 Å². The molecule has 3 N–H and O–H groups in total. The third-order valence-electron chi connectivity index (χ3n) is 4.57. The summed E-state index contributed by atoms with van der Waals surface area (Å²) < 4.78 is 27.3. The van der Waals surface area contributed by atoms with Gasteiger partial charge in [-0.25, -0.2) is 8.78 Å². The Morgan fingerprint density at radius 2 is 2.04 bits per heavy atom. The summed E-state index contributed by atoms with van der Waals surface area (Å²) in [5.74, 6) is -2.07. The molecule has 1 saturated heterocycles. The normalized spacial score (nSPS) is 19.3. The third-order valence-corrected chi connectivity index (χ3v) is 4.57. The zero-order valence-corrected chi connectivity index (χ0v) is 15.8. The van der Waals surface area contributed by atoms with E-state index in [2.05, 4.69) is 5.32 Å². The van der Waals surface area contributed by atoms with Crippen LogP contribution in [0.3, 0.4) is 0 Å². The van der Waals surface area contributed by atoms with Crippen LogP contribution in [0.1, 0.15) is 51.1 Å². The Morgan fingerprint density at radius 3 is 2.62 bits per heavy atom. The Labute approximate surface area is 158 Å². The second-order valence-corrected chi connectivity index (χ2v) is 6.63. The summed E-state index contributed by atoms with van der Waals surface area (Å²) in [6.07, 6.45) is 2.65. The van der Waals surface area contributed by atoms with Gasteiger partial charge in [-0.1, -0.05) is 6.07 Å². The molecule has 8 heteroatoms. The largest absolute Gasteiger partial charge is 0.349 e. The van der Waals surface area contributed by atoms with E-state index >= 15 is 0 Å². The van der Waals surface area contributed by atoms with Crippen molar-refractivity contribution in [1.29, 1.82) is 0 Å². The second kappa shape index (κ2) is 9.83. The van der Waals surface area contributed by atoms with Gasteiger partial charge in [0.25, 0.3) is 0 Å². The van der Waals surface area contributed by atoms with Crippen molar-refractivity contribution >= 4 is 24.2 Å². The lowest BCUT2D eigenvalue weighted by atomic mass is 9.95. The van der Waals surface area contributed by atoms with Gasteiger partial charge in [-0.3, -0.25) is 9.59 Å². The van der Waals surface area contributed by atoms with Crippen molar-refractivity contribution in [3.63, 3.8) is 0 Å². The highest BCUT2D eigenvalue weighted by atomic mass is 35.5. The number of benzene rings is 1. The Morgan fingerprint density at radius 1 is 1.35 bits per heavy atom. The van der Waals surface area contributed by atoms with E-state index in [4.69, 9.17) is 5.73 Å². The average Bonchev–Trinajstić information content (AvgIpc) is 2.53. The van der Waals surface area contributed by atoms with E-state index in [0.717, 1.165) is 31.4 Å². The maximum atomic E-state index is 14.1. The van der Waals surface area contributed by atoms with E-state index < -0.39 is 17.7 Å². The zero-order chi connectivity index (χ0) is 18.6. The molecule has 1 aliphatic rings. The van der Waals surface area contributed by atoms with Gasteiger partial charge in [-0.15, -0.1) is 12.4 Å². The van der Waals surface area contributed by atoms with E-state index in [-0.39, 0.29) is 48.3 Å². The van der Waals surface area contributed by atoms with Gasteiger partial charge in [-0.2, -0.15) is 0 Å². The van der Waals surface area contributed by atoms with Crippen molar-refractivity contribution in [2.75, 3.05) is 6.54 Å². The van der Waals surface area contributed by atoms with Crippen LogP contribution in [-0.2, 0) is 9.59 Å². The van der Waals surface area contributed by atoms with Crippen LogP contribution in [0, 0.1) is 11.6 Å². The molecule has 0 aromatic heterocycles. The maximum absolute atomic E-state index is 14.1. The van der Waals surface area contributed by atoms with Gasteiger partial charge in [0, 0.05) is 37.2 Å². The number of rotatable bonds is 5. The summed E-state index contributed by atoms with van der Waals surface area (Å²) in [5, 5.41) is 2.59. The fourth-order valence-corrected chi connectivity index (χ4v) is 3.37. The van der Waals surface area contributed by atoms with Crippen molar-refractivity contribution in [2.24, 2.45) is 5.73 Å². The molecule has 1 heterocycles. The average molecular weight is 390 g/mol. The van der Waals surface area contributed by atoms with Crippen molar-refractivity contribution in [1.82, 2.24) is 10.2 Å². The molecule has 0 aliphatic carbocycles. The Balaban J connectivity index is 0.00000338. The van der Waals surface area contributed by atoms with Gasteiger partial charge >= 0.3 is 0 Å². The van der Waals surface area contributed by atoms with Crippen LogP contribution in [0.15, 0.2) is 18.2 Å². The molecular weight excluding hydrogens is 364 g/mol. The molecule has 1 fully saturated rings. The summed E-state index contributed by atoms with van der Waals surface area (Å²) in [6.45, 7) is 3.76. The quantitative estimate of drug-likeness (QED) is 0.813. The predicted molar refractivity (Wildman–Crippen MR) is 97.8 cm³/mol. The zero-order valence-electron chi connectivity index (χ0n) is 15.0. The van der Waals surface area contributed by atoms with Crippen molar-refractivity contribution in [3.8, 4) is 0 Å². The van der Waals surface area contributed by atoms with E-state index in [1.807, 2.05) is 6.92 Å². The van der Waals surface area contributed by atoms with E-state index in [9.17, 15) is 18.4 Å². The Kier molecular flexibility index (Phi) is 8.43. The number of nitrogens with one attached hydrogen (secondary N) is 1. The van der Waals surface area contributed by atoms with Crippen LogP contribution in [0.2, 0.25) is 0 Å². The molecular formula is C18H26ClF2N3O2. The molecule has 0 spiro atoms. The first-order valence-electron chi connectivity index (χ1n) is 8.56. The highest BCUT2D eigenvalue weighted by Gasteiger charge is 2.31. The number of nitrogens with zero attached hydrogens (tertiary/aromatic N) is 1. The number of hydrogen-bond donors (Lipinski definition) is 2. The van der Waals surface area contributed by atoms with Crippen LogP contribution < -0.4 is 11.1 Å². The monoisotopic (exact) mass is 389 g/mol. The van der Waals surface area contributed by atoms with Gasteiger partial charge < -0.3 is 16.0 Å². The Hall–Kier alpha value is -1.73. The smallest absolute Gasteiger partial charge is 0.225 e. The second-order valence-electron chi connectivity index (χ2n) is 6.63. The van der Waals surface area contributed by atoms with E-state index in [0.29, 0.717) is 6.54 Å². The molecule has 0 bridgehead atoms. The lowest BCUT2D eigenvalue weighted by molar-refractivity contribution is -0.136. The van der Waals surface area contributed by atoms with Crippen LogP contribution in [-0.4, -0.2) is 35.3 Å². The molecule has 5 nitrogen and oxygen atoms in total. The molecule has 26 heavy (non-hydrogen) atoms. The highest BCUT2D eigenvalue weighted by molar-refractivity contribution is 5.85. The van der Waals surface area contributed by atoms with Gasteiger partial charge in [0.2, 0.25) is 11.8 Å². The summed E-state index contributed by atoms with van der Waals surface area (Å²) >= 11 is 0. The first-order valence-corrected chi connectivity index (χ1v) is 8.56. The minimum atomic E-state index is -0.846.